The van der Waals surface area contributed by atoms with E-state index in [9.17, 15) is 9.00 Å². The largest absolute Gasteiger partial charge is 0.458 e. The number of esters is 1. The van der Waals surface area contributed by atoms with Gasteiger partial charge in [-0.3, -0.25) is 9.00 Å². The summed E-state index contributed by atoms with van der Waals surface area (Å²) in [4.78, 5) is 17.0. The highest BCUT2D eigenvalue weighted by atomic mass is 32.2. The number of unbranched alkanes of at least 4 members (excludes halogenated alkanes) is 1. The molecule has 0 amide bonds. The van der Waals surface area contributed by atoms with Gasteiger partial charge >= 0.3 is 5.97 Å². The van der Waals surface area contributed by atoms with Crippen LogP contribution in [0.15, 0.2) is 58.9 Å². The van der Waals surface area contributed by atoms with E-state index in [0.717, 1.165) is 33.0 Å². The van der Waals surface area contributed by atoms with Crippen molar-refractivity contribution in [1.29, 1.82) is 0 Å². The Balaban J connectivity index is 1.51. The van der Waals surface area contributed by atoms with Crippen molar-refractivity contribution >= 4 is 50.1 Å². The Morgan fingerprint density at radius 2 is 1.94 bits per heavy atom. The summed E-state index contributed by atoms with van der Waals surface area (Å²) >= 11 is 2.93. The summed E-state index contributed by atoms with van der Waals surface area (Å²) in [5.74, 6) is 0.733. The molecule has 0 fully saturated rings. The van der Waals surface area contributed by atoms with Gasteiger partial charge in [-0.25, -0.2) is 4.98 Å². The Morgan fingerprint density at radius 1 is 1.16 bits per heavy atom. The van der Waals surface area contributed by atoms with Gasteiger partial charge in [-0.1, -0.05) is 67.6 Å². The van der Waals surface area contributed by atoms with Crippen molar-refractivity contribution in [3.63, 3.8) is 0 Å². The first kappa shape index (κ1) is 23.9. The molecule has 0 aliphatic rings. The fourth-order valence-corrected chi connectivity index (χ4v) is 6.06. The molecule has 0 spiro atoms. The van der Waals surface area contributed by atoms with Gasteiger partial charge in [0.1, 0.15) is 6.10 Å². The number of nitrogens with zero attached hydrogens (tertiary/aromatic N) is 1. The Kier molecular flexibility index (Phi) is 9.99. The van der Waals surface area contributed by atoms with E-state index in [-0.39, 0.29) is 18.3 Å². The topological polar surface area (TPSA) is 65.5 Å². The molecule has 0 N–H and O–H groups in total. The summed E-state index contributed by atoms with van der Waals surface area (Å²) < 4.78 is 25.7. The van der Waals surface area contributed by atoms with Gasteiger partial charge in [-0.15, -0.1) is 11.3 Å². The van der Waals surface area contributed by atoms with E-state index in [4.69, 9.17) is 9.47 Å². The van der Waals surface area contributed by atoms with Gasteiger partial charge < -0.3 is 9.47 Å². The molecule has 1 heterocycles. The summed E-state index contributed by atoms with van der Waals surface area (Å²) in [6, 6.07) is 17.7. The first-order valence-corrected chi connectivity index (χ1v) is 13.6. The lowest BCUT2D eigenvalue weighted by molar-refractivity contribution is -0.147. The smallest absolute Gasteiger partial charge is 0.316 e. The molecule has 31 heavy (non-hydrogen) atoms. The minimum absolute atomic E-state index is 0.163. The molecule has 0 bridgehead atoms. The standard InChI is InChI=1S/C23H27NO4S3/c1-2-3-13-31(26)17-19(15-27-14-18-9-5-4-6-10-18)28-22(25)16-29-23-24-20-11-7-8-12-21(20)30-23/h4-12,19H,2-3,13-17H2,1H3. The maximum Gasteiger partial charge on any atom is 0.316 e. The number of rotatable bonds is 13. The van der Waals surface area contributed by atoms with E-state index in [1.54, 1.807) is 11.3 Å². The molecule has 0 saturated heterocycles. The highest BCUT2D eigenvalue weighted by molar-refractivity contribution is 8.01. The Bertz CT molecular complexity index is 944. The zero-order chi connectivity index (χ0) is 21.9. The van der Waals surface area contributed by atoms with Crippen molar-refractivity contribution in [2.75, 3.05) is 23.9 Å². The molecular weight excluding hydrogens is 450 g/mol. The number of thioether (sulfide) groups is 1. The first-order valence-electron chi connectivity index (χ1n) is 10.3. The minimum Gasteiger partial charge on any atom is -0.458 e. The van der Waals surface area contributed by atoms with Gasteiger partial charge in [0, 0.05) is 16.6 Å². The number of carbonyl (C=O) groups is 1. The van der Waals surface area contributed by atoms with Crippen LogP contribution in [0.5, 0.6) is 0 Å². The molecule has 166 valence electrons. The van der Waals surface area contributed by atoms with E-state index in [2.05, 4.69) is 11.9 Å². The molecule has 0 radical (unpaired) electrons. The van der Waals surface area contributed by atoms with Crippen LogP contribution in [0.1, 0.15) is 25.3 Å². The molecule has 3 rings (SSSR count). The van der Waals surface area contributed by atoms with Gasteiger partial charge in [0.25, 0.3) is 0 Å². The van der Waals surface area contributed by atoms with Crippen molar-refractivity contribution in [1.82, 2.24) is 4.98 Å². The molecule has 2 atom stereocenters. The van der Waals surface area contributed by atoms with Crippen molar-refractivity contribution in [2.45, 2.75) is 36.8 Å². The molecule has 8 heteroatoms. The summed E-state index contributed by atoms with van der Waals surface area (Å²) in [5.41, 5.74) is 1.98. The number of carbonyl (C=O) groups excluding carboxylic acids is 1. The maximum absolute atomic E-state index is 12.4. The minimum atomic E-state index is -1.04. The van der Waals surface area contributed by atoms with Crippen LogP contribution >= 0.6 is 23.1 Å². The van der Waals surface area contributed by atoms with Crippen LogP contribution in [0.25, 0.3) is 10.2 Å². The summed E-state index contributed by atoms with van der Waals surface area (Å²) in [7, 11) is -1.04. The van der Waals surface area contributed by atoms with E-state index in [1.807, 2.05) is 54.6 Å². The van der Waals surface area contributed by atoms with E-state index >= 15 is 0 Å². The van der Waals surface area contributed by atoms with Crippen molar-refractivity contribution < 1.29 is 18.5 Å². The second-order valence-corrected chi connectivity index (χ2v) is 10.9. The fourth-order valence-electron chi connectivity index (χ4n) is 2.85. The lowest BCUT2D eigenvalue weighted by Crippen LogP contribution is -2.30. The number of hydrogen-bond acceptors (Lipinski definition) is 7. The zero-order valence-electron chi connectivity index (χ0n) is 17.5. The lowest BCUT2D eigenvalue weighted by Gasteiger charge is -2.18. The van der Waals surface area contributed by atoms with Gasteiger partial charge in [-0.2, -0.15) is 0 Å². The molecular formula is C23H27NO4S3. The fraction of sp³-hybridized carbons (Fsp3) is 0.391. The monoisotopic (exact) mass is 477 g/mol. The second kappa shape index (κ2) is 13.0. The van der Waals surface area contributed by atoms with Crippen LogP contribution in [0.4, 0.5) is 0 Å². The summed E-state index contributed by atoms with van der Waals surface area (Å²) in [5, 5.41) is 0. The maximum atomic E-state index is 12.4. The third kappa shape index (κ3) is 8.37. The molecule has 1 aromatic heterocycles. The average molecular weight is 478 g/mol. The normalized spacial score (nSPS) is 13.2. The molecule has 0 saturated carbocycles. The molecule has 2 unspecified atom stereocenters. The third-order valence-electron chi connectivity index (χ3n) is 4.40. The highest BCUT2D eigenvalue weighted by Gasteiger charge is 2.19. The highest BCUT2D eigenvalue weighted by Crippen LogP contribution is 2.29. The van der Waals surface area contributed by atoms with Gasteiger partial charge in [0.05, 0.1) is 34.9 Å². The molecule has 5 nitrogen and oxygen atoms in total. The third-order valence-corrected chi connectivity index (χ3v) is 8.04. The number of thiazole rings is 1. The Morgan fingerprint density at radius 3 is 2.71 bits per heavy atom. The quantitative estimate of drug-likeness (QED) is 0.253. The van der Waals surface area contributed by atoms with Crippen molar-refractivity contribution in [3.8, 4) is 0 Å². The van der Waals surface area contributed by atoms with Gasteiger partial charge in [0.15, 0.2) is 4.34 Å². The summed E-state index contributed by atoms with van der Waals surface area (Å²) in [6.07, 6.45) is 1.36. The number of aromatic nitrogens is 1. The zero-order valence-corrected chi connectivity index (χ0v) is 20.0. The predicted octanol–water partition coefficient (Wildman–Crippen LogP) is 5.07. The molecule has 0 aliphatic heterocycles. The van der Waals surface area contributed by atoms with E-state index in [0.29, 0.717) is 18.1 Å². The number of ether oxygens (including phenoxy) is 2. The van der Waals surface area contributed by atoms with Crippen molar-refractivity contribution in [3.05, 3.63) is 60.2 Å². The predicted molar refractivity (Wildman–Crippen MR) is 129 cm³/mol. The van der Waals surface area contributed by atoms with Crippen LogP contribution in [0.3, 0.4) is 0 Å². The number of fused-ring (bicyclic) bond motifs is 1. The van der Waals surface area contributed by atoms with Gasteiger partial charge in [0.2, 0.25) is 0 Å². The van der Waals surface area contributed by atoms with Crippen molar-refractivity contribution in [2.24, 2.45) is 0 Å². The van der Waals surface area contributed by atoms with Gasteiger partial charge in [-0.05, 0) is 24.1 Å². The van der Waals surface area contributed by atoms with Crippen LogP contribution in [-0.4, -0.2) is 45.1 Å². The second-order valence-electron chi connectivity index (χ2n) is 7.01. The molecule has 2 aromatic carbocycles. The lowest BCUT2D eigenvalue weighted by atomic mass is 10.2. The van der Waals surface area contributed by atoms with E-state index < -0.39 is 16.9 Å². The summed E-state index contributed by atoms with van der Waals surface area (Å²) in [6.45, 7) is 2.72. The first-order chi connectivity index (χ1) is 15.1. The average Bonchev–Trinajstić information content (AvgIpc) is 3.20. The van der Waals surface area contributed by atoms with Crippen LogP contribution in [0.2, 0.25) is 0 Å². The number of para-hydroxylation sites is 1. The molecule has 0 aliphatic carbocycles. The van der Waals surface area contributed by atoms with Crippen LogP contribution < -0.4 is 0 Å². The number of benzene rings is 2. The van der Waals surface area contributed by atoms with E-state index in [1.165, 1.54) is 11.8 Å². The Labute approximate surface area is 194 Å². The number of hydrogen-bond donors (Lipinski definition) is 0. The SMILES string of the molecule is CCCCS(=O)CC(COCc1ccccc1)OC(=O)CSc1nc2ccccc2s1. The Hall–Kier alpha value is -1.74. The van der Waals surface area contributed by atoms with Crippen LogP contribution in [0, 0.1) is 0 Å². The molecule has 3 aromatic rings. The van der Waals surface area contributed by atoms with Crippen LogP contribution in [-0.2, 0) is 31.7 Å².